The third-order valence-corrected chi connectivity index (χ3v) is 8.06. The van der Waals surface area contributed by atoms with E-state index in [9.17, 15) is 9.36 Å². The van der Waals surface area contributed by atoms with Gasteiger partial charge in [-0.1, -0.05) is 74.5 Å². The van der Waals surface area contributed by atoms with Gasteiger partial charge >= 0.3 is 0 Å². The molecule has 2 aromatic carbocycles. The van der Waals surface area contributed by atoms with Gasteiger partial charge in [-0.25, -0.2) is 0 Å². The van der Waals surface area contributed by atoms with Crippen LogP contribution in [0.4, 0.5) is 0 Å². The molecular weight excluding hydrogens is 291 g/mol. The molecule has 0 radical (unpaired) electrons. The first kappa shape index (κ1) is 16.7. The Morgan fingerprint density at radius 2 is 1.41 bits per heavy atom. The quantitative estimate of drug-likeness (QED) is 0.506. The van der Waals surface area contributed by atoms with E-state index in [0.29, 0.717) is 24.3 Å². The predicted molar refractivity (Wildman–Crippen MR) is 93.3 cm³/mol. The average Bonchev–Trinajstić information content (AvgIpc) is 2.60. The third kappa shape index (κ3) is 3.75. The third-order valence-electron chi connectivity index (χ3n) is 4.30. The van der Waals surface area contributed by atoms with Gasteiger partial charge in [-0.15, -0.1) is 0 Å². The summed E-state index contributed by atoms with van der Waals surface area (Å²) in [5.41, 5.74) is 1.53. The molecule has 0 saturated heterocycles. The minimum absolute atomic E-state index is 0.0663. The molecule has 0 fully saturated rings. The van der Waals surface area contributed by atoms with Crippen LogP contribution in [0.2, 0.25) is 0 Å². The first-order chi connectivity index (χ1) is 10.6. The smallest absolute Gasteiger partial charge is 0.163 e. The number of carbonyl (C=O) groups excluding carboxylic acids is 1. The van der Waals surface area contributed by atoms with E-state index in [4.69, 9.17) is 0 Å². The number of Topliss-reactive ketones (excluding diaryl/α,β-unsaturated/α-hetero) is 1. The first-order valence-corrected chi connectivity index (χ1v) is 9.96. The minimum atomic E-state index is -2.41. The molecule has 2 aromatic rings. The van der Waals surface area contributed by atoms with Crippen LogP contribution in [0.15, 0.2) is 60.7 Å². The summed E-state index contributed by atoms with van der Waals surface area (Å²) in [7, 11) is -2.41. The summed E-state index contributed by atoms with van der Waals surface area (Å²) in [4.78, 5) is 12.6. The minimum Gasteiger partial charge on any atom is -0.323 e. The molecule has 0 aliphatic heterocycles. The number of carbonyl (C=O) groups is 1. The lowest BCUT2D eigenvalue weighted by molar-refractivity contribution is 0.0980. The Hall–Kier alpha value is -1.66. The van der Waals surface area contributed by atoms with Crippen LogP contribution in [0, 0.1) is 0 Å². The van der Waals surface area contributed by atoms with Crippen LogP contribution in [0.1, 0.15) is 41.8 Å². The average molecular weight is 314 g/mol. The number of rotatable bonds is 7. The van der Waals surface area contributed by atoms with E-state index < -0.39 is 7.14 Å². The predicted octanol–water partition coefficient (Wildman–Crippen LogP) is 5.40. The Kier molecular flexibility index (Phi) is 5.74. The Morgan fingerprint density at radius 1 is 0.909 bits per heavy atom. The van der Waals surface area contributed by atoms with Gasteiger partial charge < -0.3 is 4.57 Å². The molecule has 0 bridgehead atoms. The second-order valence-corrected chi connectivity index (χ2v) is 9.30. The largest absolute Gasteiger partial charge is 0.323 e. The summed E-state index contributed by atoms with van der Waals surface area (Å²) in [6, 6.07) is 19.1. The number of hydrogen-bond acceptors (Lipinski definition) is 2. The van der Waals surface area contributed by atoms with E-state index in [-0.39, 0.29) is 11.4 Å². The van der Waals surface area contributed by atoms with Gasteiger partial charge in [0.05, 0.1) is 7.14 Å². The highest BCUT2D eigenvalue weighted by Gasteiger charge is 2.32. The van der Waals surface area contributed by atoms with Gasteiger partial charge in [0, 0.05) is 17.6 Å². The molecule has 0 N–H and O–H groups in total. The van der Waals surface area contributed by atoms with Crippen molar-refractivity contribution >= 4 is 12.9 Å². The van der Waals surface area contributed by atoms with Gasteiger partial charge in [-0.2, -0.15) is 0 Å². The Morgan fingerprint density at radius 3 is 1.91 bits per heavy atom. The van der Waals surface area contributed by atoms with Crippen LogP contribution in [0.25, 0.3) is 0 Å². The van der Waals surface area contributed by atoms with E-state index in [1.54, 1.807) is 0 Å². The first-order valence-electron chi connectivity index (χ1n) is 7.81. The van der Waals surface area contributed by atoms with Crippen molar-refractivity contribution in [3.8, 4) is 0 Å². The number of hydrogen-bond donors (Lipinski definition) is 0. The molecule has 22 heavy (non-hydrogen) atoms. The summed E-state index contributed by atoms with van der Waals surface area (Å²) in [5.74, 6) is 0.0663. The summed E-state index contributed by atoms with van der Waals surface area (Å²) < 4.78 is 13.3. The van der Waals surface area contributed by atoms with Crippen molar-refractivity contribution in [1.29, 1.82) is 0 Å². The Balaban J connectivity index is 2.34. The highest BCUT2D eigenvalue weighted by atomic mass is 31.2. The molecule has 0 aliphatic carbocycles. The molecule has 0 aliphatic rings. The second kappa shape index (κ2) is 7.56. The van der Waals surface area contributed by atoms with Crippen LogP contribution >= 0.6 is 7.14 Å². The van der Waals surface area contributed by atoms with E-state index in [0.717, 1.165) is 5.56 Å². The van der Waals surface area contributed by atoms with Gasteiger partial charge in [-0.05, 0) is 17.9 Å². The zero-order valence-electron chi connectivity index (χ0n) is 13.2. The number of ketones is 1. The fourth-order valence-electron chi connectivity index (χ4n) is 2.81. The van der Waals surface area contributed by atoms with Crippen molar-refractivity contribution in [2.45, 2.75) is 25.9 Å². The van der Waals surface area contributed by atoms with Crippen molar-refractivity contribution in [2.24, 2.45) is 0 Å². The highest BCUT2D eigenvalue weighted by molar-refractivity contribution is 7.64. The molecule has 116 valence electrons. The van der Waals surface area contributed by atoms with Crippen molar-refractivity contribution in [2.75, 3.05) is 12.3 Å². The summed E-state index contributed by atoms with van der Waals surface area (Å²) in [6.45, 7) is 3.93. The molecule has 3 heteroatoms. The van der Waals surface area contributed by atoms with Crippen molar-refractivity contribution in [3.63, 3.8) is 0 Å². The van der Waals surface area contributed by atoms with Crippen LogP contribution in [0.3, 0.4) is 0 Å². The van der Waals surface area contributed by atoms with Gasteiger partial charge in [0.15, 0.2) is 5.78 Å². The molecule has 0 spiro atoms. The zero-order valence-corrected chi connectivity index (χ0v) is 14.1. The van der Waals surface area contributed by atoms with Crippen LogP contribution < -0.4 is 0 Å². The topological polar surface area (TPSA) is 34.1 Å². The molecule has 0 amide bonds. The van der Waals surface area contributed by atoms with Crippen molar-refractivity contribution in [1.82, 2.24) is 0 Å². The van der Waals surface area contributed by atoms with Gasteiger partial charge in [0.1, 0.15) is 0 Å². The molecule has 1 atom stereocenters. The molecule has 0 saturated carbocycles. The summed E-state index contributed by atoms with van der Waals surface area (Å²) in [6.07, 6.45) is 1.57. The fourth-order valence-corrected chi connectivity index (χ4v) is 5.36. The Labute approximate surface area is 132 Å². The maximum absolute atomic E-state index is 13.3. The fraction of sp³-hybridized carbons (Fsp3) is 0.316. The van der Waals surface area contributed by atoms with Crippen LogP contribution in [0.5, 0.6) is 0 Å². The maximum Gasteiger partial charge on any atom is 0.163 e. The lowest BCUT2D eigenvalue weighted by Gasteiger charge is -2.26. The molecule has 0 aromatic heterocycles. The van der Waals surface area contributed by atoms with Crippen LogP contribution in [-0.4, -0.2) is 18.1 Å². The Bertz CT molecular complexity index is 642. The van der Waals surface area contributed by atoms with E-state index in [1.165, 1.54) is 0 Å². The van der Waals surface area contributed by atoms with Crippen molar-refractivity contribution in [3.05, 3.63) is 71.8 Å². The van der Waals surface area contributed by atoms with Gasteiger partial charge in [0.25, 0.3) is 0 Å². The standard InChI is InChI=1S/C19H23O2P/c1-3-22(21,4-2)19(17-13-9-6-10-14-17)15-18(20)16-11-7-5-8-12-16/h5-14,19H,3-4,15H2,1-2H3. The SMILES string of the molecule is CCP(=O)(CC)C(CC(=O)c1ccccc1)c1ccccc1. The lowest BCUT2D eigenvalue weighted by Crippen LogP contribution is -2.11. The van der Waals surface area contributed by atoms with Crippen molar-refractivity contribution < 1.29 is 9.36 Å². The molecule has 0 heterocycles. The van der Waals surface area contributed by atoms with Gasteiger partial charge in [0.2, 0.25) is 0 Å². The highest BCUT2D eigenvalue weighted by Crippen LogP contribution is 2.60. The van der Waals surface area contributed by atoms with Gasteiger partial charge in [-0.3, -0.25) is 4.79 Å². The normalized spacial score (nSPS) is 12.8. The second-order valence-electron chi connectivity index (χ2n) is 5.50. The molecule has 1 unspecified atom stereocenters. The van der Waals surface area contributed by atoms with E-state index >= 15 is 0 Å². The summed E-state index contributed by atoms with van der Waals surface area (Å²) in [5, 5.41) is 0. The zero-order chi connectivity index (χ0) is 16.0. The molecule has 2 rings (SSSR count). The van der Waals surface area contributed by atoms with E-state index in [1.807, 2.05) is 74.5 Å². The van der Waals surface area contributed by atoms with E-state index in [2.05, 4.69) is 0 Å². The maximum atomic E-state index is 13.3. The summed E-state index contributed by atoms with van der Waals surface area (Å²) >= 11 is 0. The molecule has 2 nitrogen and oxygen atoms in total. The monoisotopic (exact) mass is 314 g/mol. The lowest BCUT2D eigenvalue weighted by atomic mass is 10.0. The van der Waals surface area contributed by atoms with Crippen LogP contribution in [-0.2, 0) is 4.57 Å². The number of benzene rings is 2. The molecular formula is C19H23O2P.